The van der Waals surface area contributed by atoms with Gasteiger partial charge < -0.3 is 10.4 Å². The molecule has 0 saturated carbocycles. The molecule has 3 nitrogen and oxygen atoms in total. The summed E-state index contributed by atoms with van der Waals surface area (Å²) in [4.78, 5) is 4.33. The van der Waals surface area contributed by atoms with Crippen molar-refractivity contribution < 1.29 is 5.11 Å². The average molecular weight is 372 g/mol. The lowest BCUT2D eigenvalue weighted by molar-refractivity contribution is 0.274. The molecule has 2 N–H and O–H groups in total. The Labute approximate surface area is 123 Å². The van der Waals surface area contributed by atoms with Gasteiger partial charge in [0.2, 0.25) is 0 Å². The molecule has 1 aromatic carbocycles. The molecule has 2 aromatic rings. The molecule has 1 atom stereocenters. The van der Waals surface area contributed by atoms with Crippen LogP contribution >= 0.6 is 31.9 Å². The number of anilines is 1. The van der Waals surface area contributed by atoms with E-state index in [-0.39, 0.29) is 12.6 Å². The second kappa shape index (κ2) is 6.31. The maximum atomic E-state index is 9.50. The number of hydrogen-bond donors (Lipinski definition) is 2. The summed E-state index contributed by atoms with van der Waals surface area (Å²) in [7, 11) is 0. The van der Waals surface area contributed by atoms with Crippen molar-refractivity contribution in [3.8, 4) is 0 Å². The SMILES string of the molecule is OCC(Nc1ccccc1)c1ncc(Br)cc1Br. The van der Waals surface area contributed by atoms with Crippen molar-refractivity contribution in [1.29, 1.82) is 0 Å². The van der Waals surface area contributed by atoms with E-state index in [2.05, 4.69) is 42.2 Å². The molecule has 5 heteroatoms. The van der Waals surface area contributed by atoms with Gasteiger partial charge in [0, 0.05) is 20.8 Å². The van der Waals surface area contributed by atoms with E-state index in [1.807, 2.05) is 36.4 Å². The first-order chi connectivity index (χ1) is 8.70. The summed E-state index contributed by atoms with van der Waals surface area (Å²) in [5, 5.41) is 12.7. The van der Waals surface area contributed by atoms with Crippen molar-refractivity contribution in [1.82, 2.24) is 4.98 Å². The van der Waals surface area contributed by atoms with E-state index in [9.17, 15) is 5.11 Å². The van der Waals surface area contributed by atoms with Gasteiger partial charge in [0.15, 0.2) is 0 Å². The standard InChI is InChI=1S/C13H12Br2N2O/c14-9-6-11(15)13(16-7-9)12(8-18)17-10-4-2-1-3-5-10/h1-7,12,17-18H,8H2. The molecule has 2 rings (SSSR count). The number of halogens is 2. The van der Waals surface area contributed by atoms with Crippen LogP contribution < -0.4 is 5.32 Å². The normalized spacial score (nSPS) is 12.2. The van der Waals surface area contributed by atoms with Gasteiger partial charge in [-0.3, -0.25) is 4.98 Å². The fourth-order valence-electron chi connectivity index (χ4n) is 1.62. The summed E-state index contributed by atoms with van der Waals surface area (Å²) in [5.41, 5.74) is 1.73. The second-order valence-corrected chi connectivity index (χ2v) is 5.54. The van der Waals surface area contributed by atoms with E-state index in [1.165, 1.54) is 0 Å². The third kappa shape index (κ3) is 3.31. The summed E-state index contributed by atoms with van der Waals surface area (Å²) >= 11 is 6.82. The van der Waals surface area contributed by atoms with E-state index < -0.39 is 0 Å². The van der Waals surface area contributed by atoms with Gasteiger partial charge in [0.1, 0.15) is 0 Å². The smallest absolute Gasteiger partial charge is 0.0929 e. The Hall–Kier alpha value is -0.910. The maximum Gasteiger partial charge on any atom is 0.0929 e. The molecule has 0 fully saturated rings. The molecule has 18 heavy (non-hydrogen) atoms. The highest BCUT2D eigenvalue weighted by Gasteiger charge is 2.15. The van der Waals surface area contributed by atoms with Crippen LogP contribution in [0.5, 0.6) is 0 Å². The lowest BCUT2D eigenvalue weighted by Gasteiger charge is -2.18. The van der Waals surface area contributed by atoms with Crippen molar-refractivity contribution in [2.24, 2.45) is 0 Å². The molecule has 1 aromatic heterocycles. The highest BCUT2D eigenvalue weighted by molar-refractivity contribution is 9.11. The molecule has 0 aliphatic carbocycles. The summed E-state index contributed by atoms with van der Waals surface area (Å²) in [5.74, 6) is 0. The molecule has 0 amide bonds. The summed E-state index contributed by atoms with van der Waals surface area (Å²) in [6.07, 6.45) is 1.72. The van der Waals surface area contributed by atoms with Gasteiger partial charge in [-0.15, -0.1) is 0 Å². The van der Waals surface area contributed by atoms with Crippen molar-refractivity contribution in [3.63, 3.8) is 0 Å². The lowest BCUT2D eigenvalue weighted by atomic mass is 10.2. The van der Waals surface area contributed by atoms with Crippen LogP contribution in [-0.2, 0) is 0 Å². The van der Waals surface area contributed by atoms with Crippen LogP contribution in [0.15, 0.2) is 51.5 Å². The van der Waals surface area contributed by atoms with Gasteiger partial charge in [-0.05, 0) is 50.1 Å². The molecule has 1 heterocycles. The highest BCUT2D eigenvalue weighted by Crippen LogP contribution is 2.26. The molecule has 0 aliphatic heterocycles. The second-order valence-electron chi connectivity index (χ2n) is 3.77. The van der Waals surface area contributed by atoms with Gasteiger partial charge in [0.05, 0.1) is 18.3 Å². The van der Waals surface area contributed by atoms with E-state index in [4.69, 9.17) is 0 Å². The van der Waals surface area contributed by atoms with Crippen LogP contribution in [0.4, 0.5) is 5.69 Å². The van der Waals surface area contributed by atoms with Crippen LogP contribution in [0.2, 0.25) is 0 Å². The minimum Gasteiger partial charge on any atom is -0.394 e. The summed E-state index contributed by atoms with van der Waals surface area (Å²) in [6.45, 7) is -0.0257. The van der Waals surface area contributed by atoms with Gasteiger partial charge in [0.25, 0.3) is 0 Å². The molecular formula is C13H12Br2N2O. The molecule has 0 spiro atoms. The number of nitrogens with zero attached hydrogens (tertiary/aromatic N) is 1. The van der Waals surface area contributed by atoms with E-state index in [0.29, 0.717) is 0 Å². The Morgan fingerprint density at radius 3 is 2.56 bits per heavy atom. The van der Waals surface area contributed by atoms with Crippen LogP contribution in [0.3, 0.4) is 0 Å². The van der Waals surface area contributed by atoms with Crippen molar-refractivity contribution >= 4 is 37.5 Å². The minimum atomic E-state index is -0.241. The van der Waals surface area contributed by atoms with Gasteiger partial charge in [-0.25, -0.2) is 0 Å². The Bertz CT molecular complexity index is 520. The summed E-state index contributed by atoms with van der Waals surface area (Å²) in [6, 6.07) is 11.4. The van der Waals surface area contributed by atoms with E-state index in [0.717, 1.165) is 20.3 Å². The molecule has 0 saturated heterocycles. The Kier molecular flexibility index (Phi) is 4.74. The first-order valence-electron chi connectivity index (χ1n) is 5.44. The van der Waals surface area contributed by atoms with Gasteiger partial charge >= 0.3 is 0 Å². The zero-order valence-corrected chi connectivity index (χ0v) is 12.6. The largest absolute Gasteiger partial charge is 0.394 e. The number of para-hydroxylation sites is 1. The van der Waals surface area contributed by atoms with Crippen molar-refractivity contribution in [2.75, 3.05) is 11.9 Å². The number of rotatable bonds is 4. The van der Waals surface area contributed by atoms with Crippen LogP contribution in [-0.4, -0.2) is 16.7 Å². The first kappa shape index (κ1) is 13.5. The Morgan fingerprint density at radius 2 is 1.94 bits per heavy atom. The predicted molar refractivity (Wildman–Crippen MR) is 79.5 cm³/mol. The number of aliphatic hydroxyl groups is 1. The number of hydrogen-bond acceptors (Lipinski definition) is 3. The minimum absolute atomic E-state index is 0.0257. The number of benzene rings is 1. The van der Waals surface area contributed by atoms with Gasteiger partial charge in [-0.1, -0.05) is 18.2 Å². The van der Waals surface area contributed by atoms with Crippen LogP contribution in [0, 0.1) is 0 Å². The maximum absolute atomic E-state index is 9.50. The highest BCUT2D eigenvalue weighted by atomic mass is 79.9. The molecule has 0 bridgehead atoms. The fourth-order valence-corrected chi connectivity index (χ4v) is 2.88. The molecule has 94 valence electrons. The predicted octanol–water partition coefficient (Wildman–Crippen LogP) is 3.75. The number of nitrogens with one attached hydrogen (secondary N) is 1. The summed E-state index contributed by atoms with van der Waals surface area (Å²) < 4.78 is 1.76. The Balaban J connectivity index is 2.23. The monoisotopic (exact) mass is 370 g/mol. The van der Waals surface area contributed by atoms with E-state index in [1.54, 1.807) is 6.20 Å². The quantitative estimate of drug-likeness (QED) is 0.860. The zero-order chi connectivity index (χ0) is 13.0. The third-order valence-electron chi connectivity index (χ3n) is 2.46. The molecule has 1 unspecified atom stereocenters. The number of aliphatic hydroxyl groups excluding tert-OH is 1. The van der Waals surface area contributed by atoms with Gasteiger partial charge in [-0.2, -0.15) is 0 Å². The van der Waals surface area contributed by atoms with Crippen LogP contribution in [0.25, 0.3) is 0 Å². The van der Waals surface area contributed by atoms with Crippen molar-refractivity contribution in [3.05, 3.63) is 57.2 Å². The topological polar surface area (TPSA) is 45.1 Å². The Morgan fingerprint density at radius 1 is 1.22 bits per heavy atom. The zero-order valence-electron chi connectivity index (χ0n) is 9.48. The van der Waals surface area contributed by atoms with Crippen LogP contribution in [0.1, 0.15) is 11.7 Å². The average Bonchev–Trinajstić information content (AvgIpc) is 2.38. The number of aromatic nitrogens is 1. The first-order valence-corrected chi connectivity index (χ1v) is 7.02. The fraction of sp³-hybridized carbons (Fsp3) is 0.154. The molecular weight excluding hydrogens is 360 g/mol. The molecule has 0 radical (unpaired) electrons. The van der Waals surface area contributed by atoms with E-state index >= 15 is 0 Å². The van der Waals surface area contributed by atoms with Crippen molar-refractivity contribution in [2.45, 2.75) is 6.04 Å². The lowest BCUT2D eigenvalue weighted by Crippen LogP contribution is -2.16. The third-order valence-corrected chi connectivity index (χ3v) is 3.53. The molecule has 0 aliphatic rings. The number of pyridine rings is 1.